The van der Waals surface area contributed by atoms with Crippen molar-refractivity contribution >= 4 is 42.8 Å². The summed E-state index contributed by atoms with van der Waals surface area (Å²) in [6.07, 6.45) is 4.95. The summed E-state index contributed by atoms with van der Waals surface area (Å²) in [5.41, 5.74) is 2.92. The highest BCUT2D eigenvalue weighted by Crippen LogP contribution is 2.25. The number of benzene rings is 1. The van der Waals surface area contributed by atoms with Gasteiger partial charge in [-0.25, -0.2) is 8.42 Å². The van der Waals surface area contributed by atoms with Gasteiger partial charge >= 0.3 is 0 Å². The van der Waals surface area contributed by atoms with Crippen molar-refractivity contribution in [3.05, 3.63) is 77.2 Å². The topological polar surface area (TPSA) is 99.3 Å². The molecule has 10 heteroatoms. The number of fused-ring (bicyclic) bond motifs is 1. The van der Waals surface area contributed by atoms with Gasteiger partial charge in [-0.05, 0) is 48.5 Å². The molecule has 0 radical (unpaired) electrons. The van der Waals surface area contributed by atoms with E-state index in [0.29, 0.717) is 18.7 Å². The average Bonchev–Trinajstić information content (AvgIpc) is 3.28. The smallest absolute Gasteiger partial charge is 0.258 e. The van der Waals surface area contributed by atoms with Gasteiger partial charge in [0.1, 0.15) is 5.03 Å². The molecule has 1 fully saturated rings. The molecule has 1 aromatic carbocycles. The molecule has 0 aliphatic carbocycles. The monoisotopic (exact) mass is 525 g/mol. The normalized spacial score (nSPS) is 15.1. The molecule has 1 aliphatic heterocycles. The van der Waals surface area contributed by atoms with Gasteiger partial charge in [0.15, 0.2) is 0 Å². The third-order valence-corrected chi connectivity index (χ3v) is 8.00. The molecule has 1 amide bonds. The SMILES string of the molecule is O=C(c1ccc(-c2ccncc2)nc1)N1CCN(S(=O)(=O)c2cc3cc(Br)ccc3[nH]2)CC1. The molecule has 4 aromatic rings. The molecule has 1 N–H and O–H groups in total. The number of halogens is 1. The summed E-state index contributed by atoms with van der Waals surface area (Å²) in [6.45, 7) is 1.09. The number of aromatic amines is 1. The Balaban J connectivity index is 1.26. The second kappa shape index (κ2) is 8.69. The van der Waals surface area contributed by atoms with Gasteiger partial charge in [0.05, 0.1) is 11.3 Å². The summed E-state index contributed by atoms with van der Waals surface area (Å²) < 4.78 is 28.6. The molecule has 8 nitrogen and oxygen atoms in total. The highest BCUT2D eigenvalue weighted by Gasteiger charge is 2.31. The first-order valence-corrected chi connectivity index (χ1v) is 12.6. The lowest BCUT2D eigenvalue weighted by Crippen LogP contribution is -2.50. The van der Waals surface area contributed by atoms with E-state index in [9.17, 15) is 13.2 Å². The van der Waals surface area contributed by atoms with Crippen LogP contribution in [0.15, 0.2) is 76.6 Å². The van der Waals surface area contributed by atoms with Crippen LogP contribution in [-0.2, 0) is 10.0 Å². The molecule has 1 saturated heterocycles. The van der Waals surface area contributed by atoms with Gasteiger partial charge in [0.2, 0.25) is 0 Å². The third-order valence-electron chi connectivity index (χ3n) is 5.69. The molecule has 33 heavy (non-hydrogen) atoms. The van der Waals surface area contributed by atoms with Crippen molar-refractivity contribution in [1.82, 2.24) is 24.2 Å². The van der Waals surface area contributed by atoms with Crippen molar-refractivity contribution in [3.63, 3.8) is 0 Å². The van der Waals surface area contributed by atoms with Crippen LogP contribution in [0.2, 0.25) is 0 Å². The van der Waals surface area contributed by atoms with Gasteiger partial charge in [-0.1, -0.05) is 15.9 Å². The molecule has 0 atom stereocenters. The van der Waals surface area contributed by atoms with E-state index < -0.39 is 10.0 Å². The van der Waals surface area contributed by atoms with E-state index in [1.54, 1.807) is 41.7 Å². The zero-order valence-corrected chi connectivity index (χ0v) is 19.9. The maximum Gasteiger partial charge on any atom is 0.258 e. The predicted octanol–water partition coefficient (Wildman–Crippen LogP) is 3.53. The predicted molar refractivity (Wildman–Crippen MR) is 128 cm³/mol. The fourth-order valence-corrected chi connectivity index (χ4v) is 5.70. The minimum atomic E-state index is -3.68. The van der Waals surface area contributed by atoms with Crippen LogP contribution in [0.25, 0.3) is 22.2 Å². The number of pyridine rings is 2. The number of nitrogens with one attached hydrogen (secondary N) is 1. The Morgan fingerprint density at radius 2 is 1.73 bits per heavy atom. The summed E-state index contributed by atoms with van der Waals surface area (Å²) >= 11 is 3.41. The van der Waals surface area contributed by atoms with Gasteiger partial charge in [0.25, 0.3) is 15.9 Å². The highest BCUT2D eigenvalue weighted by atomic mass is 79.9. The van der Waals surface area contributed by atoms with Crippen molar-refractivity contribution in [3.8, 4) is 11.3 Å². The minimum Gasteiger partial charge on any atom is -0.345 e. The molecular weight excluding hydrogens is 506 g/mol. The first-order chi connectivity index (χ1) is 15.9. The van der Waals surface area contributed by atoms with Crippen molar-refractivity contribution in [2.24, 2.45) is 0 Å². The van der Waals surface area contributed by atoms with Crippen LogP contribution in [0.3, 0.4) is 0 Å². The second-order valence-electron chi connectivity index (χ2n) is 7.73. The molecule has 168 valence electrons. The Morgan fingerprint density at radius 1 is 0.970 bits per heavy atom. The molecule has 3 aromatic heterocycles. The second-order valence-corrected chi connectivity index (χ2v) is 10.6. The van der Waals surface area contributed by atoms with Gasteiger partial charge < -0.3 is 9.88 Å². The van der Waals surface area contributed by atoms with Crippen LogP contribution in [-0.4, -0.2) is 64.7 Å². The Bertz CT molecular complexity index is 1410. The first kappa shape index (κ1) is 21.7. The number of H-pyrrole nitrogens is 1. The van der Waals surface area contributed by atoms with E-state index in [4.69, 9.17) is 0 Å². The molecule has 0 spiro atoms. The number of hydrogen-bond donors (Lipinski definition) is 1. The van der Waals surface area contributed by atoms with E-state index in [1.807, 2.05) is 30.3 Å². The maximum atomic E-state index is 13.1. The number of carbonyl (C=O) groups is 1. The number of hydrogen-bond acceptors (Lipinski definition) is 5. The number of rotatable bonds is 4. The van der Waals surface area contributed by atoms with Crippen LogP contribution in [0.1, 0.15) is 10.4 Å². The van der Waals surface area contributed by atoms with Crippen molar-refractivity contribution in [2.45, 2.75) is 5.03 Å². The quantitative estimate of drug-likeness (QED) is 0.439. The number of piperazine rings is 1. The van der Waals surface area contributed by atoms with Crippen LogP contribution in [0.5, 0.6) is 0 Å². The van der Waals surface area contributed by atoms with Crippen molar-refractivity contribution < 1.29 is 13.2 Å². The highest BCUT2D eigenvalue weighted by molar-refractivity contribution is 9.10. The molecule has 4 heterocycles. The number of sulfonamides is 1. The van der Waals surface area contributed by atoms with Gasteiger partial charge in [-0.2, -0.15) is 4.31 Å². The summed E-state index contributed by atoms with van der Waals surface area (Å²) in [5.74, 6) is -0.156. The van der Waals surface area contributed by atoms with E-state index in [-0.39, 0.29) is 24.0 Å². The molecule has 0 bridgehead atoms. The molecule has 5 rings (SSSR count). The number of nitrogens with zero attached hydrogens (tertiary/aromatic N) is 4. The Labute approximate surface area is 199 Å². The summed E-state index contributed by atoms with van der Waals surface area (Å²) in [4.78, 5) is 26.0. The number of carbonyl (C=O) groups excluding carboxylic acids is 1. The number of amides is 1. The van der Waals surface area contributed by atoms with E-state index in [2.05, 4.69) is 30.9 Å². The Hall–Kier alpha value is -3.08. The van der Waals surface area contributed by atoms with Gasteiger partial charge in [-0.15, -0.1) is 0 Å². The fourth-order valence-electron chi connectivity index (χ4n) is 3.88. The lowest BCUT2D eigenvalue weighted by Gasteiger charge is -2.33. The van der Waals surface area contributed by atoms with Gasteiger partial charge in [0, 0.05) is 65.7 Å². The summed E-state index contributed by atoms with van der Waals surface area (Å²) in [7, 11) is -3.68. The molecule has 1 aliphatic rings. The zero-order valence-electron chi connectivity index (χ0n) is 17.5. The van der Waals surface area contributed by atoms with Crippen molar-refractivity contribution in [2.75, 3.05) is 26.2 Å². The van der Waals surface area contributed by atoms with Crippen molar-refractivity contribution in [1.29, 1.82) is 0 Å². The first-order valence-electron chi connectivity index (χ1n) is 10.4. The standard InChI is InChI=1S/C23H20BrN5O3S/c24-19-2-4-21-18(13-19)14-22(27-21)33(31,32)29-11-9-28(10-12-29)23(30)17-1-3-20(26-15-17)16-5-7-25-8-6-16/h1-8,13-15,27H,9-12H2. The van der Waals surface area contributed by atoms with Crippen LogP contribution < -0.4 is 0 Å². The lowest BCUT2D eigenvalue weighted by molar-refractivity contribution is 0.0697. The molecule has 0 unspecified atom stereocenters. The average molecular weight is 526 g/mol. The largest absolute Gasteiger partial charge is 0.345 e. The van der Waals surface area contributed by atoms with E-state index in [1.165, 1.54) is 4.31 Å². The van der Waals surface area contributed by atoms with Crippen LogP contribution in [0, 0.1) is 0 Å². The Morgan fingerprint density at radius 3 is 2.42 bits per heavy atom. The van der Waals surface area contributed by atoms with E-state index >= 15 is 0 Å². The Kier molecular flexibility index (Phi) is 5.73. The van der Waals surface area contributed by atoms with E-state index in [0.717, 1.165) is 26.6 Å². The third kappa shape index (κ3) is 4.29. The minimum absolute atomic E-state index is 0.156. The maximum absolute atomic E-state index is 13.1. The van der Waals surface area contributed by atoms with Crippen LogP contribution >= 0.6 is 15.9 Å². The summed E-state index contributed by atoms with van der Waals surface area (Å²) in [5, 5.41) is 0.978. The zero-order chi connectivity index (χ0) is 23.0. The lowest BCUT2D eigenvalue weighted by atomic mass is 10.1. The van der Waals surface area contributed by atoms with Crippen LogP contribution in [0.4, 0.5) is 0 Å². The fraction of sp³-hybridized carbons (Fsp3) is 0.174. The summed E-state index contributed by atoms with van der Waals surface area (Å²) in [6, 6.07) is 14.5. The molecule has 0 saturated carbocycles. The number of aromatic nitrogens is 3. The molecular formula is C23H20BrN5O3S. The van der Waals surface area contributed by atoms with Gasteiger partial charge in [-0.3, -0.25) is 14.8 Å².